The Hall–Kier alpha value is -2.60. The molecule has 6 heteroatoms. The predicted molar refractivity (Wildman–Crippen MR) is 97.4 cm³/mol. The minimum Gasteiger partial charge on any atom is -0.490 e. The van der Waals surface area contributed by atoms with Gasteiger partial charge >= 0.3 is 0 Å². The van der Waals surface area contributed by atoms with E-state index in [1.807, 2.05) is 38.1 Å². The maximum Gasteiger partial charge on any atom is 0.257 e. The zero-order chi connectivity index (χ0) is 17.5. The van der Waals surface area contributed by atoms with Crippen LogP contribution in [0.5, 0.6) is 11.5 Å². The Bertz CT molecular complexity index is 747. The highest BCUT2D eigenvalue weighted by Gasteiger charge is 2.12. The molecular formula is C18H20N2O3S. The second kappa shape index (κ2) is 8.31. The summed E-state index contributed by atoms with van der Waals surface area (Å²) in [7, 11) is 0. The van der Waals surface area contributed by atoms with E-state index in [-0.39, 0.29) is 11.0 Å². The predicted octanol–water partition coefficient (Wildman–Crippen LogP) is 2.95. The third-order valence-electron chi connectivity index (χ3n) is 3.39. The summed E-state index contributed by atoms with van der Waals surface area (Å²) in [5.41, 5.74) is 7.97. The van der Waals surface area contributed by atoms with Gasteiger partial charge in [0.1, 0.15) is 6.61 Å². The van der Waals surface area contributed by atoms with E-state index in [0.717, 1.165) is 11.1 Å². The van der Waals surface area contributed by atoms with Gasteiger partial charge in [0.15, 0.2) is 16.6 Å². The largest absolute Gasteiger partial charge is 0.490 e. The number of hydrogen-bond donors (Lipinski definition) is 2. The number of aryl methyl sites for hydroxylation is 1. The van der Waals surface area contributed by atoms with Crippen molar-refractivity contribution in [2.45, 2.75) is 20.5 Å². The molecule has 0 aliphatic carbocycles. The van der Waals surface area contributed by atoms with E-state index < -0.39 is 0 Å². The Morgan fingerprint density at radius 1 is 1.17 bits per heavy atom. The standard InChI is InChI=1S/C18H20N2O3S/c1-3-22-16-10-13(17(21)20-18(19)24)8-9-15(16)23-11-14-7-5-4-6-12(14)2/h4-10H,3,11H2,1-2H3,(H3,19,20,21,24). The molecule has 0 atom stereocenters. The van der Waals surface area contributed by atoms with Gasteiger partial charge in [-0.2, -0.15) is 0 Å². The number of nitrogens with one attached hydrogen (secondary N) is 1. The number of thiocarbonyl (C=S) groups is 1. The van der Waals surface area contributed by atoms with Crippen molar-refractivity contribution in [2.75, 3.05) is 6.61 Å². The van der Waals surface area contributed by atoms with Gasteiger partial charge in [-0.3, -0.25) is 10.1 Å². The number of rotatable bonds is 6. The van der Waals surface area contributed by atoms with Crippen LogP contribution >= 0.6 is 12.2 Å². The number of carbonyl (C=O) groups is 1. The van der Waals surface area contributed by atoms with Crippen molar-refractivity contribution >= 4 is 23.2 Å². The van der Waals surface area contributed by atoms with Crippen molar-refractivity contribution in [1.29, 1.82) is 0 Å². The van der Waals surface area contributed by atoms with Gasteiger partial charge in [-0.25, -0.2) is 0 Å². The first-order valence-electron chi connectivity index (χ1n) is 7.56. The van der Waals surface area contributed by atoms with Crippen LogP contribution in [0.25, 0.3) is 0 Å². The van der Waals surface area contributed by atoms with E-state index in [1.165, 1.54) is 0 Å². The van der Waals surface area contributed by atoms with Crippen molar-refractivity contribution in [2.24, 2.45) is 5.73 Å². The van der Waals surface area contributed by atoms with Crippen LogP contribution < -0.4 is 20.5 Å². The lowest BCUT2D eigenvalue weighted by molar-refractivity contribution is 0.0977. The number of hydrogen-bond acceptors (Lipinski definition) is 4. The van der Waals surface area contributed by atoms with Crippen molar-refractivity contribution in [3.05, 3.63) is 59.2 Å². The van der Waals surface area contributed by atoms with Gasteiger partial charge in [0.25, 0.3) is 5.91 Å². The molecule has 0 spiro atoms. The Labute approximate surface area is 146 Å². The lowest BCUT2D eigenvalue weighted by Crippen LogP contribution is -2.34. The van der Waals surface area contributed by atoms with Gasteiger partial charge in [0.05, 0.1) is 6.61 Å². The average Bonchev–Trinajstić information content (AvgIpc) is 2.54. The summed E-state index contributed by atoms with van der Waals surface area (Å²) < 4.78 is 11.4. The van der Waals surface area contributed by atoms with E-state index in [4.69, 9.17) is 15.2 Å². The molecule has 2 rings (SSSR count). The Balaban J connectivity index is 2.18. The molecule has 2 aromatic rings. The van der Waals surface area contributed by atoms with Crippen molar-refractivity contribution in [3.8, 4) is 11.5 Å². The molecule has 0 heterocycles. The molecule has 0 fully saturated rings. The number of ether oxygens (including phenoxy) is 2. The van der Waals surface area contributed by atoms with Gasteiger partial charge in [0, 0.05) is 5.56 Å². The normalized spacial score (nSPS) is 10.1. The van der Waals surface area contributed by atoms with E-state index >= 15 is 0 Å². The van der Waals surface area contributed by atoms with E-state index in [2.05, 4.69) is 17.5 Å². The van der Waals surface area contributed by atoms with Crippen LogP contribution in [0.3, 0.4) is 0 Å². The molecule has 0 radical (unpaired) electrons. The molecule has 5 nitrogen and oxygen atoms in total. The number of benzene rings is 2. The minimum absolute atomic E-state index is 0.0714. The van der Waals surface area contributed by atoms with E-state index in [9.17, 15) is 4.79 Å². The quantitative estimate of drug-likeness (QED) is 0.788. The molecule has 0 saturated carbocycles. The zero-order valence-electron chi connectivity index (χ0n) is 13.7. The smallest absolute Gasteiger partial charge is 0.257 e. The molecule has 24 heavy (non-hydrogen) atoms. The highest BCUT2D eigenvalue weighted by Crippen LogP contribution is 2.29. The third kappa shape index (κ3) is 4.70. The maximum absolute atomic E-state index is 12.0. The van der Waals surface area contributed by atoms with Gasteiger partial charge in [-0.05, 0) is 55.4 Å². The Kier molecular flexibility index (Phi) is 6.14. The molecule has 1 amide bonds. The monoisotopic (exact) mass is 344 g/mol. The van der Waals surface area contributed by atoms with Gasteiger partial charge < -0.3 is 15.2 Å². The summed E-state index contributed by atoms with van der Waals surface area (Å²) >= 11 is 4.68. The van der Waals surface area contributed by atoms with Crippen molar-refractivity contribution in [3.63, 3.8) is 0 Å². The summed E-state index contributed by atoms with van der Waals surface area (Å²) in [6, 6.07) is 13.0. The van der Waals surface area contributed by atoms with Crippen LogP contribution in [0.15, 0.2) is 42.5 Å². The highest BCUT2D eigenvalue weighted by molar-refractivity contribution is 7.80. The number of amides is 1. The third-order valence-corrected chi connectivity index (χ3v) is 3.49. The first kappa shape index (κ1) is 17.7. The average molecular weight is 344 g/mol. The lowest BCUT2D eigenvalue weighted by Gasteiger charge is -2.14. The summed E-state index contributed by atoms with van der Waals surface area (Å²) in [5.74, 6) is 0.697. The first-order valence-corrected chi connectivity index (χ1v) is 7.97. The number of carbonyl (C=O) groups excluding carboxylic acids is 1. The summed E-state index contributed by atoms with van der Waals surface area (Å²) in [5, 5.41) is 2.32. The maximum atomic E-state index is 12.0. The summed E-state index contributed by atoms with van der Waals surface area (Å²) in [6.07, 6.45) is 0. The van der Waals surface area contributed by atoms with Crippen LogP contribution in [0.1, 0.15) is 28.4 Å². The Morgan fingerprint density at radius 2 is 1.92 bits per heavy atom. The van der Waals surface area contributed by atoms with E-state index in [0.29, 0.717) is 30.3 Å². The van der Waals surface area contributed by atoms with Crippen LogP contribution in [-0.2, 0) is 6.61 Å². The molecule has 2 aromatic carbocycles. The second-order valence-electron chi connectivity index (χ2n) is 5.13. The molecular weight excluding hydrogens is 324 g/mol. The lowest BCUT2D eigenvalue weighted by atomic mass is 10.1. The van der Waals surface area contributed by atoms with Crippen molar-refractivity contribution in [1.82, 2.24) is 5.32 Å². The number of nitrogens with two attached hydrogens (primary N) is 1. The van der Waals surface area contributed by atoms with E-state index in [1.54, 1.807) is 18.2 Å². The van der Waals surface area contributed by atoms with Crippen LogP contribution in [-0.4, -0.2) is 17.6 Å². The van der Waals surface area contributed by atoms with Crippen molar-refractivity contribution < 1.29 is 14.3 Å². The fraction of sp³-hybridized carbons (Fsp3) is 0.222. The minimum atomic E-state index is -0.381. The molecule has 0 saturated heterocycles. The zero-order valence-corrected chi connectivity index (χ0v) is 14.5. The summed E-state index contributed by atoms with van der Waals surface area (Å²) in [4.78, 5) is 12.0. The molecule has 0 aliphatic heterocycles. The molecule has 3 N–H and O–H groups in total. The van der Waals surface area contributed by atoms with Crippen LogP contribution in [0, 0.1) is 6.92 Å². The van der Waals surface area contributed by atoms with Gasteiger partial charge in [-0.15, -0.1) is 0 Å². The topological polar surface area (TPSA) is 73.6 Å². The highest BCUT2D eigenvalue weighted by atomic mass is 32.1. The Morgan fingerprint density at radius 3 is 2.58 bits per heavy atom. The fourth-order valence-electron chi connectivity index (χ4n) is 2.15. The molecule has 0 bridgehead atoms. The first-order chi connectivity index (χ1) is 11.5. The van der Waals surface area contributed by atoms with Gasteiger partial charge in [0.2, 0.25) is 0 Å². The molecule has 0 unspecified atom stereocenters. The van der Waals surface area contributed by atoms with Crippen LogP contribution in [0.2, 0.25) is 0 Å². The fourth-order valence-corrected chi connectivity index (χ4v) is 2.24. The second-order valence-corrected chi connectivity index (χ2v) is 5.57. The van der Waals surface area contributed by atoms with Crippen LogP contribution in [0.4, 0.5) is 0 Å². The molecule has 126 valence electrons. The summed E-state index contributed by atoms with van der Waals surface area (Å²) in [6.45, 7) is 4.78. The molecule has 0 aliphatic rings. The SMILES string of the molecule is CCOc1cc(C(=O)NC(N)=S)ccc1OCc1ccccc1C. The molecule has 0 aromatic heterocycles. The van der Waals surface area contributed by atoms with Gasteiger partial charge in [-0.1, -0.05) is 24.3 Å².